The summed E-state index contributed by atoms with van der Waals surface area (Å²) in [6.07, 6.45) is 0.617. The second-order valence-electron chi connectivity index (χ2n) is 6.69. The van der Waals surface area contributed by atoms with E-state index in [0.717, 1.165) is 11.1 Å². The Hall–Kier alpha value is -2.29. The quantitative estimate of drug-likeness (QED) is 0.566. The summed E-state index contributed by atoms with van der Waals surface area (Å²) < 4.78 is 5.02. The Morgan fingerprint density at radius 1 is 1.38 bits per heavy atom. The molecule has 2 aliphatic rings. The molecule has 1 aromatic carbocycles. The first-order chi connectivity index (χ1) is 12.5. The molecule has 8 nitrogen and oxygen atoms in total. The van der Waals surface area contributed by atoms with Crippen LogP contribution >= 0.6 is 0 Å². The van der Waals surface area contributed by atoms with Crippen LogP contribution < -0.4 is 16.4 Å². The summed E-state index contributed by atoms with van der Waals surface area (Å²) in [5, 5.41) is 5.60. The highest BCUT2D eigenvalue weighted by atomic mass is 16.5. The zero-order valence-electron chi connectivity index (χ0n) is 14.8. The van der Waals surface area contributed by atoms with E-state index in [9.17, 15) is 14.4 Å². The number of nitrogens with two attached hydrogens (primary N) is 1. The van der Waals surface area contributed by atoms with Gasteiger partial charge in [-0.15, -0.1) is 0 Å². The minimum Gasteiger partial charge on any atom is -0.383 e. The van der Waals surface area contributed by atoms with Crippen molar-refractivity contribution in [1.29, 1.82) is 0 Å². The second kappa shape index (κ2) is 7.94. The number of methoxy groups -OCH3 is 1. The van der Waals surface area contributed by atoms with E-state index in [1.807, 2.05) is 12.1 Å². The van der Waals surface area contributed by atoms with E-state index in [4.69, 9.17) is 10.5 Å². The Morgan fingerprint density at radius 3 is 2.92 bits per heavy atom. The van der Waals surface area contributed by atoms with Crippen molar-refractivity contribution < 1.29 is 19.1 Å². The molecule has 3 amide bonds. The van der Waals surface area contributed by atoms with E-state index < -0.39 is 11.9 Å². The Bertz CT molecular complexity index is 721. The minimum atomic E-state index is -0.594. The Morgan fingerprint density at radius 2 is 2.19 bits per heavy atom. The number of nitrogens with zero attached hydrogens (tertiary/aromatic N) is 1. The third-order valence-electron chi connectivity index (χ3n) is 4.78. The van der Waals surface area contributed by atoms with Crippen LogP contribution in [0.4, 0.5) is 0 Å². The summed E-state index contributed by atoms with van der Waals surface area (Å²) in [6, 6.07) is 4.90. The predicted molar refractivity (Wildman–Crippen MR) is 94.0 cm³/mol. The highest BCUT2D eigenvalue weighted by Gasteiger charge is 2.39. The number of piperidine rings is 1. The molecule has 4 N–H and O–H groups in total. The number of hydrogen-bond acceptors (Lipinski definition) is 6. The van der Waals surface area contributed by atoms with Crippen molar-refractivity contribution in [3.8, 4) is 0 Å². The fourth-order valence-electron chi connectivity index (χ4n) is 3.48. The Kier molecular flexibility index (Phi) is 5.65. The Balaban J connectivity index is 1.69. The van der Waals surface area contributed by atoms with Gasteiger partial charge in [-0.05, 0) is 23.6 Å². The van der Waals surface area contributed by atoms with Gasteiger partial charge >= 0.3 is 0 Å². The van der Waals surface area contributed by atoms with Crippen LogP contribution in [0.2, 0.25) is 0 Å². The van der Waals surface area contributed by atoms with Gasteiger partial charge in [-0.3, -0.25) is 19.7 Å². The van der Waals surface area contributed by atoms with Gasteiger partial charge in [-0.25, -0.2) is 0 Å². The summed E-state index contributed by atoms with van der Waals surface area (Å²) in [5.74, 6) is -0.840. The fraction of sp³-hybridized carbons (Fsp3) is 0.500. The smallest absolute Gasteiger partial charge is 0.255 e. The first-order valence-corrected chi connectivity index (χ1v) is 8.72. The van der Waals surface area contributed by atoms with Crippen LogP contribution in [-0.4, -0.2) is 55.0 Å². The average Bonchev–Trinajstić information content (AvgIpc) is 2.93. The molecular formula is C18H24N4O4. The monoisotopic (exact) mass is 360 g/mol. The molecule has 0 spiro atoms. The van der Waals surface area contributed by atoms with Crippen LogP contribution in [0.15, 0.2) is 18.2 Å². The van der Waals surface area contributed by atoms with Crippen LogP contribution in [0, 0.1) is 0 Å². The van der Waals surface area contributed by atoms with E-state index in [2.05, 4.69) is 10.6 Å². The van der Waals surface area contributed by atoms with Gasteiger partial charge in [-0.2, -0.15) is 0 Å². The van der Waals surface area contributed by atoms with Gasteiger partial charge < -0.3 is 20.7 Å². The van der Waals surface area contributed by atoms with Crippen LogP contribution in [-0.2, 0) is 27.4 Å². The second-order valence-corrected chi connectivity index (χ2v) is 6.69. The van der Waals surface area contributed by atoms with E-state index in [-0.39, 0.29) is 24.3 Å². The van der Waals surface area contributed by atoms with E-state index in [0.29, 0.717) is 38.2 Å². The van der Waals surface area contributed by atoms with Crippen LogP contribution in [0.5, 0.6) is 0 Å². The molecule has 0 radical (unpaired) electrons. The third kappa shape index (κ3) is 3.77. The molecule has 3 rings (SSSR count). The molecule has 1 fully saturated rings. The lowest BCUT2D eigenvalue weighted by molar-refractivity contribution is -0.136. The topological polar surface area (TPSA) is 114 Å². The van der Waals surface area contributed by atoms with Crippen LogP contribution in [0.3, 0.4) is 0 Å². The molecule has 2 aliphatic heterocycles. The summed E-state index contributed by atoms with van der Waals surface area (Å²) in [4.78, 5) is 37.8. The number of benzene rings is 1. The summed E-state index contributed by atoms with van der Waals surface area (Å²) >= 11 is 0. The third-order valence-corrected chi connectivity index (χ3v) is 4.78. The van der Waals surface area contributed by atoms with Gasteiger partial charge in [0.25, 0.3) is 5.91 Å². The van der Waals surface area contributed by atoms with E-state index in [1.165, 1.54) is 0 Å². The van der Waals surface area contributed by atoms with Crippen molar-refractivity contribution in [2.24, 2.45) is 5.73 Å². The molecule has 2 atom stereocenters. The van der Waals surface area contributed by atoms with Crippen molar-refractivity contribution in [2.75, 3.05) is 20.3 Å². The van der Waals surface area contributed by atoms with E-state index >= 15 is 0 Å². The van der Waals surface area contributed by atoms with Gasteiger partial charge in [0.2, 0.25) is 11.8 Å². The summed E-state index contributed by atoms with van der Waals surface area (Å²) in [6.45, 7) is 2.03. The first kappa shape index (κ1) is 18.5. The highest BCUT2D eigenvalue weighted by molar-refractivity contribution is 6.05. The number of nitrogens with one attached hydrogen (secondary N) is 2. The van der Waals surface area contributed by atoms with Gasteiger partial charge in [0.1, 0.15) is 6.04 Å². The fourth-order valence-corrected chi connectivity index (χ4v) is 3.48. The lowest BCUT2D eigenvalue weighted by Gasteiger charge is -2.29. The van der Waals surface area contributed by atoms with Crippen molar-refractivity contribution in [2.45, 2.75) is 38.0 Å². The van der Waals surface area contributed by atoms with Crippen molar-refractivity contribution in [3.05, 3.63) is 34.9 Å². The molecule has 2 unspecified atom stereocenters. The van der Waals surface area contributed by atoms with Gasteiger partial charge in [0, 0.05) is 44.8 Å². The van der Waals surface area contributed by atoms with E-state index in [1.54, 1.807) is 18.1 Å². The number of amides is 3. The van der Waals surface area contributed by atoms with Crippen LogP contribution in [0.1, 0.15) is 34.3 Å². The number of imide groups is 1. The lowest BCUT2D eigenvalue weighted by atomic mass is 10.0. The average molecular weight is 360 g/mol. The van der Waals surface area contributed by atoms with Gasteiger partial charge in [0.15, 0.2) is 0 Å². The molecule has 0 aromatic heterocycles. The molecule has 0 saturated carbocycles. The molecule has 140 valence electrons. The SMILES string of the molecule is COCC(N)CNCc1cccc2c1CN(C1CCC(=O)NC1=O)C2=O. The standard InChI is InChI=1S/C18H24N4O4/c1-26-10-12(19)8-20-7-11-3-2-4-13-14(11)9-22(18(13)25)15-5-6-16(23)21-17(15)24/h2-4,12,15,20H,5-10,19H2,1H3,(H,21,23,24). The van der Waals surface area contributed by atoms with Crippen molar-refractivity contribution in [3.63, 3.8) is 0 Å². The first-order valence-electron chi connectivity index (χ1n) is 8.72. The Labute approximate surface area is 152 Å². The zero-order valence-corrected chi connectivity index (χ0v) is 14.8. The maximum atomic E-state index is 12.7. The molecule has 2 heterocycles. The van der Waals surface area contributed by atoms with Crippen LogP contribution in [0.25, 0.3) is 0 Å². The zero-order chi connectivity index (χ0) is 18.7. The molecule has 0 aliphatic carbocycles. The normalized spacial score (nSPS) is 20.9. The number of fused-ring (bicyclic) bond motifs is 1. The summed E-state index contributed by atoms with van der Waals surface area (Å²) in [7, 11) is 1.61. The number of rotatable bonds is 7. The summed E-state index contributed by atoms with van der Waals surface area (Å²) in [5.41, 5.74) is 8.46. The lowest BCUT2D eigenvalue weighted by Crippen LogP contribution is -2.52. The maximum absolute atomic E-state index is 12.7. The molecule has 26 heavy (non-hydrogen) atoms. The number of carbonyl (C=O) groups excluding carboxylic acids is 3. The molecular weight excluding hydrogens is 336 g/mol. The number of ether oxygens (including phenoxy) is 1. The molecule has 0 bridgehead atoms. The highest BCUT2D eigenvalue weighted by Crippen LogP contribution is 2.29. The largest absolute Gasteiger partial charge is 0.383 e. The van der Waals surface area contributed by atoms with Crippen molar-refractivity contribution in [1.82, 2.24) is 15.5 Å². The van der Waals surface area contributed by atoms with Gasteiger partial charge in [0.05, 0.1) is 6.61 Å². The maximum Gasteiger partial charge on any atom is 0.255 e. The number of carbonyl (C=O) groups is 3. The number of hydrogen-bond donors (Lipinski definition) is 3. The molecule has 1 aromatic rings. The molecule has 8 heteroatoms. The van der Waals surface area contributed by atoms with Crippen molar-refractivity contribution >= 4 is 17.7 Å². The molecule has 1 saturated heterocycles. The minimum absolute atomic E-state index is 0.0987. The predicted octanol–water partition coefficient (Wildman–Crippen LogP) is -0.489. The van der Waals surface area contributed by atoms with Gasteiger partial charge in [-0.1, -0.05) is 12.1 Å².